The maximum atomic E-state index is 13.8. The molecular formula is C17H21FN2O. The van der Waals surface area contributed by atoms with Gasteiger partial charge in [-0.05, 0) is 54.7 Å². The van der Waals surface area contributed by atoms with Crippen molar-refractivity contribution < 1.29 is 9.13 Å². The maximum Gasteiger partial charge on any atom is 0.165 e. The number of hydrogen-bond donors (Lipinski definition) is 2. The zero-order chi connectivity index (χ0) is 15.4. The van der Waals surface area contributed by atoms with Crippen LogP contribution in [0.25, 0.3) is 0 Å². The van der Waals surface area contributed by atoms with Crippen LogP contribution in [0.1, 0.15) is 28.3 Å². The molecule has 0 radical (unpaired) electrons. The van der Waals surface area contributed by atoms with Crippen molar-refractivity contribution in [3.63, 3.8) is 0 Å². The molecule has 0 aromatic heterocycles. The Morgan fingerprint density at radius 2 is 2.00 bits per heavy atom. The Bertz CT molecular complexity index is 628. The molecule has 112 valence electrons. The summed E-state index contributed by atoms with van der Waals surface area (Å²) in [5.74, 6) is 5.59. The van der Waals surface area contributed by atoms with Crippen LogP contribution in [0.3, 0.4) is 0 Å². The van der Waals surface area contributed by atoms with Crippen LogP contribution in [-0.4, -0.2) is 7.11 Å². The maximum absolute atomic E-state index is 13.8. The Kier molecular flexibility index (Phi) is 4.94. The summed E-state index contributed by atoms with van der Waals surface area (Å²) >= 11 is 0. The van der Waals surface area contributed by atoms with Crippen molar-refractivity contribution in [1.82, 2.24) is 5.43 Å². The molecule has 0 bridgehead atoms. The molecule has 2 aromatic carbocycles. The lowest BCUT2D eigenvalue weighted by Crippen LogP contribution is -2.30. The van der Waals surface area contributed by atoms with Gasteiger partial charge in [-0.1, -0.05) is 24.3 Å². The fraction of sp³-hybridized carbons (Fsp3) is 0.294. The van der Waals surface area contributed by atoms with E-state index in [9.17, 15) is 4.39 Å². The largest absolute Gasteiger partial charge is 0.494 e. The normalized spacial score (nSPS) is 12.2. The Morgan fingerprint density at radius 3 is 2.62 bits per heavy atom. The van der Waals surface area contributed by atoms with E-state index in [-0.39, 0.29) is 17.6 Å². The van der Waals surface area contributed by atoms with Gasteiger partial charge in [-0.3, -0.25) is 11.3 Å². The van der Waals surface area contributed by atoms with E-state index in [0.29, 0.717) is 6.42 Å². The second-order valence-corrected chi connectivity index (χ2v) is 5.18. The highest BCUT2D eigenvalue weighted by atomic mass is 19.1. The van der Waals surface area contributed by atoms with Gasteiger partial charge in [-0.25, -0.2) is 4.39 Å². The van der Waals surface area contributed by atoms with Crippen LogP contribution in [0.5, 0.6) is 5.75 Å². The standard InChI is InChI=1S/C17H21FN2O/c1-11-5-4-6-14(12(11)2)16(20-19)10-13-7-8-17(21-3)15(18)9-13/h4-9,16,20H,10,19H2,1-3H3. The minimum atomic E-state index is -0.355. The van der Waals surface area contributed by atoms with Crippen molar-refractivity contribution in [2.45, 2.75) is 26.3 Å². The van der Waals surface area contributed by atoms with E-state index < -0.39 is 0 Å². The van der Waals surface area contributed by atoms with Crippen LogP contribution in [-0.2, 0) is 6.42 Å². The molecular weight excluding hydrogens is 267 g/mol. The van der Waals surface area contributed by atoms with Crippen molar-refractivity contribution in [2.75, 3.05) is 7.11 Å². The molecule has 21 heavy (non-hydrogen) atoms. The quantitative estimate of drug-likeness (QED) is 0.656. The van der Waals surface area contributed by atoms with Crippen molar-refractivity contribution in [2.24, 2.45) is 5.84 Å². The van der Waals surface area contributed by atoms with Crippen molar-refractivity contribution in [3.05, 3.63) is 64.5 Å². The average molecular weight is 288 g/mol. The Morgan fingerprint density at radius 1 is 1.24 bits per heavy atom. The molecule has 4 heteroatoms. The summed E-state index contributed by atoms with van der Waals surface area (Å²) < 4.78 is 18.7. The fourth-order valence-electron chi connectivity index (χ4n) is 2.48. The van der Waals surface area contributed by atoms with Gasteiger partial charge in [0.25, 0.3) is 0 Å². The topological polar surface area (TPSA) is 47.3 Å². The van der Waals surface area contributed by atoms with Crippen LogP contribution in [0.2, 0.25) is 0 Å². The van der Waals surface area contributed by atoms with Crippen LogP contribution >= 0.6 is 0 Å². The number of aryl methyl sites for hydroxylation is 1. The van der Waals surface area contributed by atoms with Crippen molar-refractivity contribution in [1.29, 1.82) is 0 Å². The predicted octanol–water partition coefficient (Wildman–Crippen LogP) is 3.20. The molecule has 0 saturated carbocycles. The average Bonchev–Trinajstić information content (AvgIpc) is 2.48. The Hall–Kier alpha value is -1.91. The minimum absolute atomic E-state index is 0.0577. The number of nitrogens with one attached hydrogen (secondary N) is 1. The van der Waals surface area contributed by atoms with Crippen LogP contribution in [0, 0.1) is 19.7 Å². The van der Waals surface area contributed by atoms with Gasteiger partial charge in [0.15, 0.2) is 11.6 Å². The monoisotopic (exact) mass is 288 g/mol. The third kappa shape index (κ3) is 3.40. The van der Waals surface area contributed by atoms with Crippen molar-refractivity contribution >= 4 is 0 Å². The van der Waals surface area contributed by atoms with Gasteiger partial charge in [-0.2, -0.15) is 0 Å². The summed E-state index contributed by atoms with van der Waals surface area (Å²) in [6, 6.07) is 11.1. The van der Waals surface area contributed by atoms with Crippen LogP contribution in [0.15, 0.2) is 36.4 Å². The first-order valence-electron chi connectivity index (χ1n) is 6.91. The van der Waals surface area contributed by atoms with E-state index in [1.807, 2.05) is 18.2 Å². The van der Waals surface area contributed by atoms with E-state index >= 15 is 0 Å². The van der Waals surface area contributed by atoms with Gasteiger partial charge < -0.3 is 4.74 Å². The molecule has 2 rings (SSSR count). The molecule has 0 heterocycles. The Balaban J connectivity index is 2.27. The van der Waals surface area contributed by atoms with Gasteiger partial charge in [0.05, 0.1) is 13.2 Å². The number of methoxy groups -OCH3 is 1. The molecule has 0 amide bonds. The lowest BCUT2D eigenvalue weighted by molar-refractivity contribution is 0.386. The Labute approximate surface area is 124 Å². The second kappa shape index (κ2) is 6.70. The van der Waals surface area contributed by atoms with Crippen LogP contribution < -0.4 is 16.0 Å². The SMILES string of the molecule is COc1ccc(CC(NN)c2cccc(C)c2C)cc1F. The summed E-state index contributed by atoms with van der Waals surface area (Å²) in [4.78, 5) is 0. The van der Waals surface area contributed by atoms with Gasteiger partial charge in [0.1, 0.15) is 0 Å². The van der Waals surface area contributed by atoms with E-state index in [1.54, 1.807) is 6.07 Å². The smallest absolute Gasteiger partial charge is 0.165 e. The predicted molar refractivity (Wildman–Crippen MR) is 82.6 cm³/mol. The molecule has 3 nitrogen and oxygen atoms in total. The molecule has 0 spiro atoms. The summed E-state index contributed by atoms with van der Waals surface area (Å²) in [7, 11) is 1.46. The lowest BCUT2D eigenvalue weighted by atomic mass is 9.93. The molecule has 1 atom stereocenters. The highest BCUT2D eigenvalue weighted by Gasteiger charge is 2.15. The number of hydrogen-bond acceptors (Lipinski definition) is 3. The molecule has 2 aromatic rings. The van der Waals surface area contributed by atoms with Gasteiger partial charge in [-0.15, -0.1) is 0 Å². The highest BCUT2D eigenvalue weighted by molar-refractivity contribution is 5.37. The first-order chi connectivity index (χ1) is 10.1. The molecule has 0 saturated heterocycles. The first kappa shape index (κ1) is 15.5. The number of nitrogens with two attached hydrogens (primary N) is 1. The van der Waals surface area contributed by atoms with Gasteiger partial charge in [0.2, 0.25) is 0 Å². The molecule has 3 N–H and O–H groups in total. The third-order valence-electron chi connectivity index (χ3n) is 3.88. The number of ether oxygens (including phenoxy) is 1. The lowest BCUT2D eigenvalue weighted by Gasteiger charge is -2.20. The molecule has 1 unspecified atom stereocenters. The zero-order valence-corrected chi connectivity index (χ0v) is 12.6. The molecule has 0 aliphatic carbocycles. The number of benzene rings is 2. The summed E-state index contributed by atoms with van der Waals surface area (Å²) in [5.41, 5.74) is 7.25. The first-order valence-corrected chi connectivity index (χ1v) is 6.91. The second-order valence-electron chi connectivity index (χ2n) is 5.18. The minimum Gasteiger partial charge on any atom is -0.494 e. The highest BCUT2D eigenvalue weighted by Crippen LogP contribution is 2.25. The zero-order valence-electron chi connectivity index (χ0n) is 12.6. The van der Waals surface area contributed by atoms with Crippen molar-refractivity contribution in [3.8, 4) is 5.75 Å². The number of rotatable bonds is 5. The van der Waals surface area contributed by atoms with Gasteiger partial charge in [0, 0.05) is 0 Å². The third-order valence-corrected chi connectivity index (χ3v) is 3.88. The fourth-order valence-corrected chi connectivity index (χ4v) is 2.48. The summed E-state index contributed by atoms with van der Waals surface area (Å²) in [6.07, 6.45) is 0.613. The number of halogens is 1. The van der Waals surface area contributed by atoms with Gasteiger partial charge >= 0.3 is 0 Å². The molecule has 0 aliphatic rings. The summed E-state index contributed by atoms with van der Waals surface area (Å²) in [6.45, 7) is 4.14. The number of hydrazine groups is 1. The molecule has 0 fully saturated rings. The van der Waals surface area contributed by atoms with E-state index in [4.69, 9.17) is 10.6 Å². The van der Waals surface area contributed by atoms with E-state index in [2.05, 4.69) is 25.3 Å². The summed E-state index contributed by atoms with van der Waals surface area (Å²) in [5, 5.41) is 0. The van der Waals surface area contributed by atoms with Crippen LogP contribution in [0.4, 0.5) is 4.39 Å². The van der Waals surface area contributed by atoms with E-state index in [0.717, 1.165) is 11.1 Å². The van der Waals surface area contributed by atoms with E-state index in [1.165, 1.54) is 24.3 Å². The molecule has 0 aliphatic heterocycles.